The maximum absolute atomic E-state index is 9.63. The van der Waals surface area contributed by atoms with E-state index in [0.29, 0.717) is 12.5 Å². The van der Waals surface area contributed by atoms with E-state index in [2.05, 4.69) is 65.0 Å². The zero-order valence-corrected chi connectivity index (χ0v) is 16.3. The molecule has 0 spiro atoms. The number of aliphatic hydroxyl groups is 1. The van der Waals surface area contributed by atoms with E-state index >= 15 is 0 Å². The van der Waals surface area contributed by atoms with Crippen LogP contribution in [0.4, 0.5) is 0 Å². The third kappa shape index (κ3) is 5.61. The van der Waals surface area contributed by atoms with Gasteiger partial charge in [0.1, 0.15) is 12.4 Å². The lowest BCUT2D eigenvalue weighted by Crippen LogP contribution is -2.17. The molecule has 0 radical (unpaired) electrons. The average Bonchev–Trinajstić information content (AvgIpc) is 2.57. The van der Waals surface area contributed by atoms with Crippen LogP contribution in [0.15, 0.2) is 48.5 Å². The third-order valence-corrected chi connectivity index (χ3v) is 4.77. The normalized spacial score (nSPS) is 13.1. The van der Waals surface area contributed by atoms with Crippen molar-refractivity contribution in [3.8, 4) is 5.75 Å². The van der Waals surface area contributed by atoms with Gasteiger partial charge >= 0.3 is 0 Å². The zero-order valence-electron chi connectivity index (χ0n) is 16.3. The summed E-state index contributed by atoms with van der Waals surface area (Å²) in [6, 6.07) is 16.8. The minimum atomic E-state index is 0.0268. The molecule has 0 fully saturated rings. The predicted molar refractivity (Wildman–Crippen MR) is 105 cm³/mol. The third-order valence-electron chi connectivity index (χ3n) is 4.77. The molecule has 2 aromatic rings. The predicted octanol–water partition coefficient (Wildman–Crippen LogP) is 5.37. The monoisotopic (exact) mass is 340 g/mol. The lowest BCUT2D eigenvalue weighted by molar-refractivity contribution is 0.189. The molecule has 0 unspecified atom stereocenters. The van der Waals surface area contributed by atoms with E-state index in [0.717, 1.165) is 12.2 Å². The van der Waals surface area contributed by atoms with Crippen molar-refractivity contribution in [3.63, 3.8) is 0 Å². The summed E-state index contributed by atoms with van der Waals surface area (Å²) in [5.41, 5.74) is 3.64. The molecule has 2 nitrogen and oxygen atoms in total. The first-order valence-corrected chi connectivity index (χ1v) is 9.22. The SMILES string of the molecule is CC(C)[C@H](CO)Cc1ccc(C(C)(C)C)c(OCc2ccccc2)c1. The summed E-state index contributed by atoms with van der Waals surface area (Å²) in [7, 11) is 0. The van der Waals surface area contributed by atoms with Crippen LogP contribution in [0.2, 0.25) is 0 Å². The molecule has 0 aliphatic heterocycles. The minimum Gasteiger partial charge on any atom is -0.489 e. The topological polar surface area (TPSA) is 29.5 Å². The molecule has 0 aliphatic rings. The second kappa shape index (κ2) is 8.53. The van der Waals surface area contributed by atoms with E-state index in [1.807, 2.05) is 18.2 Å². The Morgan fingerprint density at radius 1 is 0.960 bits per heavy atom. The van der Waals surface area contributed by atoms with Crippen molar-refractivity contribution in [2.24, 2.45) is 11.8 Å². The number of ether oxygens (including phenoxy) is 1. The molecule has 0 saturated carbocycles. The fraction of sp³-hybridized carbons (Fsp3) is 0.478. The van der Waals surface area contributed by atoms with Crippen LogP contribution in [-0.4, -0.2) is 11.7 Å². The molecule has 136 valence electrons. The Kier molecular flexibility index (Phi) is 6.66. The molecule has 25 heavy (non-hydrogen) atoms. The van der Waals surface area contributed by atoms with Crippen molar-refractivity contribution < 1.29 is 9.84 Å². The summed E-state index contributed by atoms with van der Waals surface area (Å²) in [6.07, 6.45) is 0.875. The van der Waals surface area contributed by atoms with E-state index in [1.54, 1.807) is 0 Å². The first-order chi connectivity index (χ1) is 11.8. The largest absolute Gasteiger partial charge is 0.489 e. The fourth-order valence-corrected chi connectivity index (χ4v) is 2.98. The highest BCUT2D eigenvalue weighted by atomic mass is 16.5. The smallest absolute Gasteiger partial charge is 0.123 e. The van der Waals surface area contributed by atoms with Crippen molar-refractivity contribution in [1.29, 1.82) is 0 Å². The molecule has 0 heterocycles. The molecular weight excluding hydrogens is 308 g/mol. The molecule has 0 aromatic heterocycles. The van der Waals surface area contributed by atoms with Gasteiger partial charge in [0, 0.05) is 6.61 Å². The summed E-state index contributed by atoms with van der Waals surface area (Å²) >= 11 is 0. The molecule has 2 aromatic carbocycles. The van der Waals surface area contributed by atoms with Crippen LogP contribution >= 0.6 is 0 Å². The summed E-state index contributed by atoms with van der Waals surface area (Å²) in [6.45, 7) is 11.8. The van der Waals surface area contributed by atoms with Crippen LogP contribution in [0.1, 0.15) is 51.3 Å². The van der Waals surface area contributed by atoms with Crippen LogP contribution in [0.25, 0.3) is 0 Å². The van der Waals surface area contributed by atoms with Gasteiger partial charge in [0.15, 0.2) is 0 Å². The average molecular weight is 341 g/mol. The van der Waals surface area contributed by atoms with Gasteiger partial charge < -0.3 is 9.84 Å². The lowest BCUT2D eigenvalue weighted by Gasteiger charge is -2.25. The van der Waals surface area contributed by atoms with Crippen molar-refractivity contribution in [2.75, 3.05) is 6.61 Å². The zero-order chi connectivity index (χ0) is 18.4. The Hall–Kier alpha value is -1.80. The molecule has 2 rings (SSSR count). The molecule has 0 aliphatic carbocycles. The maximum Gasteiger partial charge on any atom is 0.123 e. The van der Waals surface area contributed by atoms with Gasteiger partial charge in [0.2, 0.25) is 0 Å². The van der Waals surface area contributed by atoms with Crippen molar-refractivity contribution in [3.05, 3.63) is 65.2 Å². The first-order valence-electron chi connectivity index (χ1n) is 9.22. The van der Waals surface area contributed by atoms with Crippen LogP contribution < -0.4 is 4.74 Å². The van der Waals surface area contributed by atoms with Gasteiger partial charge in [-0.1, -0.05) is 77.1 Å². The Bertz CT molecular complexity index is 654. The standard InChI is InChI=1S/C23H32O2/c1-17(2)20(15-24)13-19-11-12-21(23(3,4)5)22(14-19)25-16-18-9-7-6-8-10-18/h6-12,14,17,20,24H,13,15-16H2,1-5H3/t20-/m0/s1. The molecule has 2 heteroatoms. The van der Waals surface area contributed by atoms with Crippen molar-refractivity contribution >= 4 is 0 Å². The second-order valence-electron chi connectivity index (χ2n) is 8.25. The van der Waals surface area contributed by atoms with Gasteiger partial charge in [-0.3, -0.25) is 0 Å². The minimum absolute atomic E-state index is 0.0268. The Morgan fingerprint density at radius 3 is 2.20 bits per heavy atom. The second-order valence-corrected chi connectivity index (χ2v) is 8.25. The van der Waals surface area contributed by atoms with E-state index < -0.39 is 0 Å². The van der Waals surface area contributed by atoms with E-state index in [9.17, 15) is 5.11 Å². The van der Waals surface area contributed by atoms with E-state index in [-0.39, 0.29) is 17.9 Å². The van der Waals surface area contributed by atoms with Crippen molar-refractivity contribution in [1.82, 2.24) is 0 Å². The highest BCUT2D eigenvalue weighted by molar-refractivity contribution is 5.42. The summed E-state index contributed by atoms with van der Waals surface area (Å²) in [5, 5.41) is 9.63. The van der Waals surface area contributed by atoms with Crippen LogP contribution in [-0.2, 0) is 18.4 Å². The first kappa shape index (κ1) is 19.5. The Labute approximate surface area is 152 Å². The van der Waals surface area contributed by atoms with Crippen LogP contribution in [0.3, 0.4) is 0 Å². The summed E-state index contributed by atoms with van der Waals surface area (Å²) in [5.74, 6) is 1.69. The molecular formula is C23H32O2. The van der Waals surface area contributed by atoms with Gasteiger partial charge in [-0.2, -0.15) is 0 Å². The summed E-state index contributed by atoms with van der Waals surface area (Å²) < 4.78 is 6.20. The number of benzene rings is 2. The molecule has 0 amide bonds. The molecule has 0 bridgehead atoms. The highest BCUT2D eigenvalue weighted by Crippen LogP contribution is 2.33. The van der Waals surface area contributed by atoms with Gasteiger partial charge in [-0.15, -0.1) is 0 Å². The van der Waals surface area contributed by atoms with Gasteiger partial charge in [0.25, 0.3) is 0 Å². The maximum atomic E-state index is 9.63. The van der Waals surface area contributed by atoms with Crippen molar-refractivity contribution in [2.45, 2.75) is 53.1 Å². The van der Waals surface area contributed by atoms with E-state index in [1.165, 1.54) is 16.7 Å². The lowest BCUT2D eigenvalue weighted by atomic mass is 9.84. The summed E-state index contributed by atoms with van der Waals surface area (Å²) in [4.78, 5) is 0. The number of hydrogen-bond acceptors (Lipinski definition) is 2. The quantitative estimate of drug-likeness (QED) is 0.734. The highest BCUT2D eigenvalue weighted by Gasteiger charge is 2.21. The number of aliphatic hydroxyl groups excluding tert-OH is 1. The van der Waals surface area contributed by atoms with Crippen LogP contribution in [0, 0.1) is 11.8 Å². The van der Waals surface area contributed by atoms with Crippen LogP contribution in [0.5, 0.6) is 5.75 Å². The number of hydrogen-bond donors (Lipinski definition) is 1. The van der Waals surface area contributed by atoms with Gasteiger partial charge in [0.05, 0.1) is 0 Å². The number of rotatable bonds is 7. The van der Waals surface area contributed by atoms with E-state index in [4.69, 9.17) is 4.74 Å². The molecule has 1 atom stereocenters. The molecule has 0 saturated heterocycles. The molecule has 1 N–H and O–H groups in total. The van der Waals surface area contributed by atoms with Gasteiger partial charge in [-0.25, -0.2) is 0 Å². The van der Waals surface area contributed by atoms with Gasteiger partial charge in [-0.05, 0) is 46.4 Å². The Morgan fingerprint density at radius 2 is 1.64 bits per heavy atom. The fourth-order valence-electron chi connectivity index (χ4n) is 2.98. The Balaban J connectivity index is 2.25.